The number of halogens is 2. The third-order valence-corrected chi connectivity index (χ3v) is 7.17. The van der Waals surface area contributed by atoms with E-state index in [1.165, 1.54) is 0 Å². The minimum absolute atomic E-state index is 0.0462. The number of carbonyl (C=O) groups is 1. The van der Waals surface area contributed by atoms with Crippen LogP contribution in [0.4, 0.5) is 5.82 Å². The fraction of sp³-hybridized carbons (Fsp3) is 0.350. The SMILES string of the molecule is CC1(C)C2CN(c3cc(-n4ccnc4)c4ccc(Cl)c(Cl)c4n3)[C@H](C(=O)O)C21. The van der Waals surface area contributed by atoms with Gasteiger partial charge in [0.1, 0.15) is 11.9 Å². The molecule has 2 unspecified atom stereocenters. The van der Waals surface area contributed by atoms with Gasteiger partial charge in [-0.25, -0.2) is 14.8 Å². The number of hydrogen-bond donors (Lipinski definition) is 1. The number of pyridine rings is 1. The second-order valence-corrected chi connectivity index (χ2v) is 8.90. The highest BCUT2D eigenvalue weighted by molar-refractivity contribution is 6.45. The summed E-state index contributed by atoms with van der Waals surface area (Å²) in [6, 6.07) is 4.91. The molecule has 144 valence electrons. The molecule has 0 amide bonds. The summed E-state index contributed by atoms with van der Waals surface area (Å²) in [5, 5.41) is 11.5. The highest BCUT2D eigenvalue weighted by Crippen LogP contribution is 2.65. The van der Waals surface area contributed by atoms with Gasteiger partial charge in [-0.1, -0.05) is 37.0 Å². The van der Waals surface area contributed by atoms with Gasteiger partial charge in [-0.3, -0.25) is 0 Å². The minimum Gasteiger partial charge on any atom is -0.480 e. The molecule has 0 bridgehead atoms. The molecule has 1 N–H and O–H groups in total. The topological polar surface area (TPSA) is 71.2 Å². The lowest BCUT2D eigenvalue weighted by Crippen LogP contribution is -2.42. The summed E-state index contributed by atoms with van der Waals surface area (Å²) >= 11 is 12.7. The maximum atomic E-state index is 12.1. The van der Waals surface area contributed by atoms with E-state index in [1.807, 2.05) is 27.8 Å². The second kappa shape index (κ2) is 5.84. The van der Waals surface area contributed by atoms with Crippen molar-refractivity contribution in [2.45, 2.75) is 19.9 Å². The van der Waals surface area contributed by atoms with E-state index < -0.39 is 12.0 Å². The molecule has 3 heterocycles. The predicted octanol–water partition coefficient (Wildman–Crippen LogP) is 4.27. The van der Waals surface area contributed by atoms with Gasteiger partial charge in [0, 0.05) is 36.3 Å². The van der Waals surface area contributed by atoms with E-state index in [0.717, 1.165) is 11.1 Å². The number of carboxylic acid groups (broad SMARTS) is 1. The van der Waals surface area contributed by atoms with Gasteiger partial charge >= 0.3 is 5.97 Å². The molecule has 8 heteroatoms. The number of nitrogens with zero attached hydrogens (tertiary/aromatic N) is 4. The largest absolute Gasteiger partial charge is 0.480 e. The predicted molar refractivity (Wildman–Crippen MR) is 108 cm³/mol. The Bertz CT molecular complexity index is 1110. The molecule has 2 aromatic heterocycles. The van der Waals surface area contributed by atoms with Crippen LogP contribution in [-0.2, 0) is 4.79 Å². The molecule has 2 aliphatic rings. The van der Waals surface area contributed by atoms with Crippen molar-refractivity contribution >= 4 is 45.9 Å². The molecule has 1 aliphatic carbocycles. The molecule has 3 aromatic rings. The van der Waals surface area contributed by atoms with Crippen LogP contribution in [0.1, 0.15) is 13.8 Å². The fourth-order valence-corrected chi connectivity index (χ4v) is 5.13. The number of aliphatic carboxylic acids is 1. The lowest BCUT2D eigenvalue weighted by molar-refractivity contribution is -0.139. The summed E-state index contributed by atoms with van der Waals surface area (Å²) in [4.78, 5) is 22.8. The van der Waals surface area contributed by atoms with Crippen LogP contribution < -0.4 is 4.90 Å². The third kappa shape index (κ3) is 2.37. The Balaban J connectivity index is 1.71. The van der Waals surface area contributed by atoms with E-state index in [0.29, 0.717) is 33.8 Å². The molecule has 6 nitrogen and oxygen atoms in total. The zero-order valence-electron chi connectivity index (χ0n) is 15.3. The van der Waals surface area contributed by atoms with Crippen molar-refractivity contribution in [3.05, 3.63) is 47.0 Å². The quantitative estimate of drug-likeness (QED) is 0.689. The van der Waals surface area contributed by atoms with E-state index in [9.17, 15) is 9.90 Å². The Kier molecular flexibility index (Phi) is 3.71. The van der Waals surface area contributed by atoms with Crippen molar-refractivity contribution in [3.63, 3.8) is 0 Å². The van der Waals surface area contributed by atoms with Crippen LogP contribution in [0.2, 0.25) is 10.0 Å². The van der Waals surface area contributed by atoms with Crippen LogP contribution in [0.15, 0.2) is 36.9 Å². The normalized spacial score (nSPS) is 25.1. The average molecular weight is 417 g/mol. The van der Waals surface area contributed by atoms with Gasteiger partial charge in [-0.2, -0.15) is 0 Å². The first kappa shape index (κ1) is 17.8. The number of aromatic nitrogens is 3. The summed E-state index contributed by atoms with van der Waals surface area (Å²) in [6.45, 7) is 4.93. The third-order valence-electron chi connectivity index (χ3n) is 6.38. The Hall–Kier alpha value is -2.31. The first-order valence-electron chi connectivity index (χ1n) is 9.07. The molecule has 1 saturated carbocycles. The monoisotopic (exact) mass is 416 g/mol. The zero-order valence-corrected chi connectivity index (χ0v) is 16.8. The molecule has 5 rings (SSSR count). The number of benzene rings is 1. The Morgan fingerprint density at radius 3 is 2.79 bits per heavy atom. The maximum absolute atomic E-state index is 12.1. The smallest absolute Gasteiger partial charge is 0.326 e. The fourth-order valence-electron chi connectivity index (χ4n) is 4.77. The number of fused-ring (bicyclic) bond motifs is 2. The summed E-state index contributed by atoms with van der Waals surface area (Å²) in [5.74, 6) is 0.240. The highest BCUT2D eigenvalue weighted by atomic mass is 35.5. The first-order valence-corrected chi connectivity index (χ1v) is 9.83. The lowest BCUT2D eigenvalue weighted by Gasteiger charge is -2.29. The Morgan fingerprint density at radius 2 is 2.11 bits per heavy atom. The van der Waals surface area contributed by atoms with Crippen LogP contribution in [0.3, 0.4) is 0 Å². The van der Waals surface area contributed by atoms with Gasteiger partial charge in [0.25, 0.3) is 0 Å². The molecule has 1 saturated heterocycles. The van der Waals surface area contributed by atoms with Crippen molar-refractivity contribution in [3.8, 4) is 5.69 Å². The van der Waals surface area contributed by atoms with E-state index >= 15 is 0 Å². The standard InChI is InChI=1S/C20H18Cl2N4O2/c1-20(2)11-8-26(18(15(11)20)19(27)28)14-7-13(25-6-5-23-9-25)10-3-4-12(21)16(22)17(10)24-14/h3-7,9,11,15,18H,8H2,1-2H3,(H,27,28)/t11?,15?,18-/m0/s1. The second-order valence-electron chi connectivity index (χ2n) is 8.12. The summed E-state index contributed by atoms with van der Waals surface area (Å²) in [5.41, 5.74) is 1.43. The number of rotatable bonds is 3. The van der Waals surface area contributed by atoms with Gasteiger partial charge in [0.05, 0.1) is 27.6 Å². The van der Waals surface area contributed by atoms with Crippen molar-refractivity contribution in [2.24, 2.45) is 17.3 Å². The van der Waals surface area contributed by atoms with E-state index in [1.54, 1.807) is 18.6 Å². The molecule has 0 radical (unpaired) electrons. The lowest BCUT2D eigenvalue weighted by atomic mass is 10.0. The van der Waals surface area contributed by atoms with E-state index in [2.05, 4.69) is 18.8 Å². The molecule has 0 spiro atoms. The minimum atomic E-state index is -0.818. The molecule has 1 aliphatic heterocycles. The van der Waals surface area contributed by atoms with E-state index in [-0.39, 0.29) is 11.3 Å². The molecular weight excluding hydrogens is 399 g/mol. The van der Waals surface area contributed by atoms with Gasteiger partial charge in [-0.15, -0.1) is 0 Å². The van der Waals surface area contributed by atoms with Crippen molar-refractivity contribution in [1.82, 2.24) is 14.5 Å². The van der Waals surface area contributed by atoms with E-state index in [4.69, 9.17) is 28.2 Å². The molecule has 1 aromatic carbocycles. The highest BCUT2D eigenvalue weighted by Gasteiger charge is 2.69. The molecule has 3 atom stereocenters. The summed E-state index contributed by atoms with van der Waals surface area (Å²) in [7, 11) is 0. The Labute approximate surface area is 171 Å². The molecular formula is C20H18Cl2N4O2. The van der Waals surface area contributed by atoms with Crippen LogP contribution in [0.25, 0.3) is 16.6 Å². The van der Waals surface area contributed by atoms with Crippen molar-refractivity contribution in [2.75, 3.05) is 11.4 Å². The Morgan fingerprint density at radius 1 is 1.32 bits per heavy atom. The van der Waals surface area contributed by atoms with Gasteiger partial charge in [0.15, 0.2) is 0 Å². The number of hydrogen-bond acceptors (Lipinski definition) is 4. The number of imidazole rings is 1. The van der Waals surface area contributed by atoms with Crippen molar-refractivity contribution in [1.29, 1.82) is 0 Å². The average Bonchev–Trinajstić information content (AvgIpc) is 3.13. The van der Waals surface area contributed by atoms with Crippen LogP contribution in [0, 0.1) is 17.3 Å². The molecule has 2 fully saturated rings. The maximum Gasteiger partial charge on any atom is 0.326 e. The summed E-state index contributed by atoms with van der Waals surface area (Å²) in [6.07, 6.45) is 5.22. The number of carboxylic acids is 1. The zero-order chi connectivity index (χ0) is 19.8. The van der Waals surface area contributed by atoms with Gasteiger partial charge in [-0.05, 0) is 23.5 Å². The van der Waals surface area contributed by atoms with Crippen LogP contribution >= 0.6 is 23.2 Å². The first-order chi connectivity index (χ1) is 13.3. The van der Waals surface area contributed by atoms with Crippen LogP contribution in [0.5, 0.6) is 0 Å². The van der Waals surface area contributed by atoms with Gasteiger partial charge in [0.2, 0.25) is 0 Å². The van der Waals surface area contributed by atoms with Crippen molar-refractivity contribution < 1.29 is 9.90 Å². The summed E-state index contributed by atoms with van der Waals surface area (Å²) < 4.78 is 1.87. The number of piperidine rings is 1. The van der Waals surface area contributed by atoms with Crippen LogP contribution in [-0.4, -0.2) is 38.2 Å². The van der Waals surface area contributed by atoms with Gasteiger partial charge < -0.3 is 14.6 Å². The number of anilines is 1. The molecule has 28 heavy (non-hydrogen) atoms.